The lowest BCUT2D eigenvalue weighted by Crippen LogP contribution is -2.10. The lowest BCUT2D eigenvalue weighted by atomic mass is 10.1. The molecule has 0 aliphatic rings. The molecule has 0 spiro atoms. The molecular formula is C21H20N2OS. The summed E-state index contributed by atoms with van der Waals surface area (Å²) in [7, 11) is 4.15. The minimum absolute atomic E-state index is 0.318. The summed E-state index contributed by atoms with van der Waals surface area (Å²) in [5.41, 5.74) is 2.39. The van der Waals surface area contributed by atoms with Gasteiger partial charge < -0.3 is 15.0 Å². The predicted molar refractivity (Wildman–Crippen MR) is 105 cm³/mol. The Morgan fingerprint density at radius 2 is 1.64 bits per heavy atom. The number of phenolic OH excluding ortho intramolecular Hbond substituents is 1. The molecular weight excluding hydrogens is 328 g/mol. The molecule has 1 heterocycles. The summed E-state index contributed by atoms with van der Waals surface area (Å²) >= 11 is 1.61. The summed E-state index contributed by atoms with van der Waals surface area (Å²) in [6.07, 6.45) is 0. The number of nitrogens with zero attached hydrogens (tertiary/aromatic N) is 1. The van der Waals surface area contributed by atoms with E-state index in [9.17, 15) is 5.11 Å². The zero-order chi connectivity index (χ0) is 17.4. The predicted octanol–water partition coefficient (Wildman–Crippen LogP) is 5.24. The summed E-state index contributed by atoms with van der Waals surface area (Å²) in [5, 5.41) is 15.0. The molecule has 0 fully saturated rings. The van der Waals surface area contributed by atoms with E-state index in [1.807, 2.05) is 24.3 Å². The monoisotopic (exact) mass is 348 g/mol. The van der Waals surface area contributed by atoms with Gasteiger partial charge in [-0.15, -0.1) is 0 Å². The van der Waals surface area contributed by atoms with Crippen LogP contribution in [0.2, 0.25) is 0 Å². The van der Waals surface area contributed by atoms with Gasteiger partial charge in [0, 0.05) is 23.0 Å². The Bertz CT molecular complexity index is 1050. The number of hydrogen-bond acceptors (Lipinski definition) is 3. The number of nitrogens with one attached hydrogen (secondary N) is 1. The Balaban J connectivity index is 1.88. The Morgan fingerprint density at radius 3 is 2.44 bits per heavy atom. The Labute approximate surface area is 151 Å². The SMILES string of the molecule is CN(C)Cc1c(Sc2c(O)ccc3ccccc23)[nH]c2ccccc12. The molecule has 2 N–H and O–H groups in total. The normalized spacial score (nSPS) is 11.6. The first-order valence-electron chi connectivity index (χ1n) is 8.26. The minimum Gasteiger partial charge on any atom is -0.507 e. The maximum absolute atomic E-state index is 10.5. The molecule has 0 saturated heterocycles. The summed E-state index contributed by atoms with van der Waals surface area (Å²) in [6.45, 7) is 0.845. The molecule has 1 aromatic heterocycles. The van der Waals surface area contributed by atoms with Crippen LogP contribution >= 0.6 is 11.8 Å². The van der Waals surface area contributed by atoms with Crippen molar-refractivity contribution in [2.24, 2.45) is 0 Å². The maximum atomic E-state index is 10.5. The van der Waals surface area contributed by atoms with Gasteiger partial charge in [0.2, 0.25) is 0 Å². The van der Waals surface area contributed by atoms with E-state index in [4.69, 9.17) is 0 Å². The zero-order valence-electron chi connectivity index (χ0n) is 14.3. The molecule has 4 heteroatoms. The van der Waals surface area contributed by atoms with Gasteiger partial charge in [0.1, 0.15) is 5.75 Å². The quantitative estimate of drug-likeness (QED) is 0.530. The first-order valence-corrected chi connectivity index (χ1v) is 9.08. The highest BCUT2D eigenvalue weighted by Crippen LogP contribution is 2.42. The van der Waals surface area contributed by atoms with E-state index in [0.717, 1.165) is 32.8 Å². The van der Waals surface area contributed by atoms with Gasteiger partial charge in [0.15, 0.2) is 0 Å². The van der Waals surface area contributed by atoms with Crippen LogP contribution in [0.15, 0.2) is 70.6 Å². The van der Waals surface area contributed by atoms with Crippen LogP contribution in [-0.2, 0) is 6.54 Å². The van der Waals surface area contributed by atoms with Crippen LogP contribution in [0.25, 0.3) is 21.7 Å². The van der Waals surface area contributed by atoms with Gasteiger partial charge in [-0.25, -0.2) is 0 Å². The second-order valence-electron chi connectivity index (χ2n) is 6.45. The number of rotatable bonds is 4. The second kappa shape index (κ2) is 6.47. The summed E-state index contributed by atoms with van der Waals surface area (Å²) in [6, 6.07) is 20.3. The van der Waals surface area contributed by atoms with Crippen LogP contribution in [0.1, 0.15) is 5.56 Å². The molecule has 0 radical (unpaired) electrons. The van der Waals surface area contributed by atoms with Crippen molar-refractivity contribution in [3.63, 3.8) is 0 Å². The number of para-hydroxylation sites is 1. The van der Waals surface area contributed by atoms with Gasteiger partial charge >= 0.3 is 0 Å². The van der Waals surface area contributed by atoms with E-state index >= 15 is 0 Å². The van der Waals surface area contributed by atoms with E-state index in [2.05, 4.69) is 54.3 Å². The molecule has 0 saturated carbocycles. The average Bonchev–Trinajstić information content (AvgIpc) is 2.94. The van der Waals surface area contributed by atoms with E-state index in [1.54, 1.807) is 17.8 Å². The van der Waals surface area contributed by atoms with Crippen molar-refractivity contribution in [2.75, 3.05) is 14.1 Å². The number of aromatic hydroxyl groups is 1. The van der Waals surface area contributed by atoms with E-state index in [0.29, 0.717) is 5.75 Å². The molecule has 4 rings (SSSR count). The fourth-order valence-electron chi connectivity index (χ4n) is 3.18. The molecule has 0 amide bonds. The molecule has 4 aromatic rings. The molecule has 3 aromatic carbocycles. The van der Waals surface area contributed by atoms with Gasteiger partial charge in [-0.05, 0) is 37.0 Å². The number of H-pyrrole nitrogens is 1. The van der Waals surface area contributed by atoms with Crippen molar-refractivity contribution in [3.8, 4) is 5.75 Å². The fourth-order valence-corrected chi connectivity index (χ4v) is 4.31. The largest absolute Gasteiger partial charge is 0.507 e. The molecule has 0 aliphatic carbocycles. The van der Waals surface area contributed by atoms with E-state index in [1.165, 1.54) is 10.9 Å². The lowest BCUT2D eigenvalue weighted by molar-refractivity contribution is 0.400. The number of aromatic nitrogens is 1. The summed E-state index contributed by atoms with van der Waals surface area (Å²) < 4.78 is 0. The van der Waals surface area contributed by atoms with Crippen LogP contribution < -0.4 is 0 Å². The van der Waals surface area contributed by atoms with Gasteiger partial charge in [-0.3, -0.25) is 0 Å². The second-order valence-corrected chi connectivity index (χ2v) is 7.47. The van der Waals surface area contributed by atoms with Crippen molar-refractivity contribution < 1.29 is 5.11 Å². The van der Waals surface area contributed by atoms with Crippen molar-refractivity contribution >= 4 is 33.4 Å². The minimum atomic E-state index is 0.318. The highest BCUT2D eigenvalue weighted by Gasteiger charge is 2.16. The highest BCUT2D eigenvalue weighted by molar-refractivity contribution is 7.99. The first kappa shape index (κ1) is 16.1. The van der Waals surface area contributed by atoms with Gasteiger partial charge in [0.25, 0.3) is 0 Å². The molecule has 3 nitrogen and oxygen atoms in total. The fraction of sp³-hybridized carbons (Fsp3) is 0.143. The molecule has 0 atom stereocenters. The molecule has 0 unspecified atom stereocenters. The standard InChI is InChI=1S/C21H20N2OS/c1-23(2)13-17-16-9-5-6-10-18(16)22-21(17)25-20-15-8-4-3-7-14(15)11-12-19(20)24/h3-12,22,24H,13H2,1-2H3. The van der Waals surface area contributed by atoms with Crippen LogP contribution in [0, 0.1) is 0 Å². The van der Waals surface area contributed by atoms with Gasteiger partial charge in [-0.2, -0.15) is 0 Å². The topological polar surface area (TPSA) is 39.3 Å². The molecule has 0 aliphatic heterocycles. The van der Waals surface area contributed by atoms with Crippen LogP contribution in [0.4, 0.5) is 0 Å². The molecule has 25 heavy (non-hydrogen) atoms. The number of fused-ring (bicyclic) bond motifs is 2. The Hall–Kier alpha value is -2.43. The van der Waals surface area contributed by atoms with Crippen molar-refractivity contribution in [1.82, 2.24) is 9.88 Å². The third-order valence-electron chi connectivity index (χ3n) is 4.31. The van der Waals surface area contributed by atoms with E-state index < -0.39 is 0 Å². The van der Waals surface area contributed by atoms with Crippen LogP contribution in [0.3, 0.4) is 0 Å². The average molecular weight is 348 g/mol. The van der Waals surface area contributed by atoms with Gasteiger partial charge in [0.05, 0.1) is 9.92 Å². The van der Waals surface area contributed by atoms with Crippen molar-refractivity contribution in [3.05, 3.63) is 66.2 Å². The van der Waals surface area contributed by atoms with E-state index in [-0.39, 0.29) is 0 Å². The lowest BCUT2D eigenvalue weighted by Gasteiger charge is -2.12. The summed E-state index contributed by atoms with van der Waals surface area (Å²) in [4.78, 5) is 6.60. The summed E-state index contributed by atoms with van der Waals surface area (Å²) in [5.74, 6) is 0.318. The number of hydrogen-bond donors (Lipinski definition) is 2. The number of phenols is 1. The van der Waals surface area contributed by atoms with Gasteiger partial charge in [-0.1, -0.05) is 60.3 Å². The zero-order valence-corrected chi connectivity index (χ0v) is 15.1. The number of aromatic amines is 1. The Morgan fingerprint density at radius 1 is 0.920 bits per heavy atom. The van der Waals surface area contributed by atoms with Crippen molar-refractivity contribution in [2.45, 2.75) is 16.5 Å². The molecule has 126 valence electrons. The third kappa shape index (κ3) is 2.99. The van der Waals surface area contributed by atoms with Crippen molar-refractivity contribution in [1.29, 1.82) is 0 Å². The molecule has 0 bridgehead atoms. The highest BCUT2D eigenvalue weighted by atomic mass is 32.2. The maximum Gasteiger partial charge on any atom is 0.130 e. The first-order chi connectivity index (χ1) is 12.1. The number of benzene rings is 3. The smallest absolute Gasteiger partial charge is 0.130 e. The third-order valence-corrected chi connectivity index (χ3v) is 5.50. The Kier molecular flexibility index (Phi) is 4.15. The van der Waals surface area contributed by atoms with Crippen LogP contribution in [-0.4, -0.2) is 29.1 Å². The van der Waals surface area contributed by atoms with Crippen LogP contribution in [0.5, 0.6) is 5.75 Å².